The smallest absolute Gasteiger partial charge is 0.269 e. The highest BCUT2D eigenvalue weighted by Gasteiger charge is 2.10. The van der Waals surface area contributed by atoms with Gasteiger partial charge in [0.15, 0.2) is 0 Å². The van der Waals surface area contributed by atoms with E-state index in [1.165, 1.54) is 31.2 Å². The van der Waals surface area contributed by atoms with Crippen molar-refractivity contribution in [2.24, 2.45) is 0 Å². The van der Waals surface area contributed by atoms with Gasteiger partial charge in [-0.1, -0.05) is 13.3 Å². The van der Waals surface area contributed by atoms with E-state index in [1.807, 2.05) is 6.92 Å². The van der Waals surface area contributed by atoms with Crippen molar-refractivity contribution < 1.29 is 18.0 Å². The van der Waals surface area contributed by atoms with E-state index in [-0.39, 0.29) is 11.7 Å². The van der Waals surface area contributed by atoms with E-state index in [0.717, 1.165) is 6.42 Å². The molecule has 0 saturated heterocycles. The Kier molecular flexibility index (Phi) is 6.16. The van der Waals surface area contributed by atoms with Crippen molar-refractivity contribution >= 4 is 27.5 Å². The molecule has 8 heteroatoms. The summed E-state index contributed by atoms with van der Waals surface area (Å²) in [7, 11) is -3.36. The Morgan fingerprint density at radius 1 is 1.10 bits per heavy atom. The van der Waals surface area contributed by atoms with Gasteiger partial charge in [-0.25, -0.2) is 8.42 Å². The number of carbonyl (C=O) groups excluding carboxylic acids is 2. The first-order valence-electron chi connectivity index (χ1n) is 6.51. The van der Waals surface area contributed by atoms with Crippen LogP contribution in [0.4, 0.5) is 5.69 Å². The fourth-order valence-corrected chi connectivity index (χ4v) is 2.74. The van der Waals surface area contributed by atoms with Crippen molar-refractivity contribution in [2.45, 2.75) is 26.7 Å². The van der Waals surface area contributed by atoms with E-state index in [9.17, 15) is 18.0 Å². The number of amides is 2. The second-order valence-corrected chi connectivity index (χ2v) is 6.33. The summed E-state index contributed by atoms with van der Waals surface area (Å²) in [4.78, 5) is 22.3. The van der Waals surface area contributed by atoms with Crippen LogP contribution in [-0.4, -0.2) is 26.0 Å². The van der Waals surface area contributed by atoms with Gasteiger partial charge in [0.1, 0.15) is 0 Å². The van der Waals surface area contributed by atoms with Crippen molar-refractivity contribution in [3.8, 4) is 0 Å². The minimum atomic E-state index is -3.36. The van der Waals surface area contributed by atoms with Crippen LogP contribution < -0.4 is 15.6 Å². The molecule has 0 bridgehead atoms. The third kappa shape index (κ3) is 6.26. The maximum absolute atomic E-state index is 11.7. The van der Waals surface area contributed by atoms with Gasteiger partial charge in [0.05, 0.1) is 5.75 Å². The van der Waals surface area contributed by atoms with E-state index in [0.29, 0.717) is 17.7 Å². The molecular formula is C13H19N3O4S. The molecule has 0 heterocycles. The second kappa shape index (κ2) is 7.63. The summed E-state index contributed by atoms with van der Waals surface area (Å²) >= 11 is 0. The highest BCUT2D eigenvalue weighted by molar-refractivity contribution is 7.92. The molecule has 0 aromatic heterocycles. The molecule has 0 radical (unpaired) electrons. The third-order valence-electron chi connectivity index (χ3n) is 2.54. The van der Waals surface area contributed by atoms with Gasteiger partial charge in [0.2, 0.25) is 15.9 Å². The van der Waals surface area contributed by atoms with E-state index in [1.54, 1.807) is 0 Å². The summed E-state index contributed by atoms with van der Waals surface area (Å²) in [6.07, 6.45) is 1.38. The van der Waals surface area contributed by atoms with Crippen LogP contribution in [0.15, 0.2) is 24.3 Å². The molecule has 0 atom stereocenters. The van der Waals surface area contributed by atoms with Crippen molar-refractivity contribution in [1.82, 2.24) is 10.9 Å². The van der Waals surface area contributed by atoms with Crippen LogP contribution in [0, 0.1) is 0 Å². The van der Waals surface area contributed by atoms with Gasteiger partial charge in [-0.15, -0.1) is 0 Å². The first kappa shape index (κ1) is 17.0. The van der Waals surface area contributed by atoms with Crippen LogP contribution in [0.3, 0.4) is 0 Å². The molecule has 0 aliphatic carbocycles. The first-order chi connectivity index (χ1) is 9.84. The predicted molar refractivity (Wildman–Crippen MR) is 80.0 cm³/mol. The van der Waals surface area contributed by atoms with Crippen molar-refractivity contribution in [3.05, 3.63) is 29.8 Å². The zero-order valence-corrected chi connectivity index (χ0v) is 12.8. The zero-order valence-electron chi connectivity index (χ0n) is 12.0. The van der Waals surface area contributed by atoms with E-state index in [2.05, 4.69) is 15.6 Å². The average molecular weight is 313 g/mol. The standard InChI is InChI=1S/C13H19N3O4S/c1-3-4-9-21(19,20)16-12-7-5-11(6-8-12)13(18)15-14-10(2)17/h5-8,16H,3-4,9H2,1-2H3,(H,14,17)(H,15,18). The highest BCUT2D eigenvalue weighted by atomic mass is 32.2. The predicted octanol–water partition coefficient (Wildman–Crippen LogP) is 1.01. The maximum atomic E-state index is 11.7. The number of hydrogen-bond donors (Lipinski definition) is 3. The van der Waals surface area contributed by atoms with Gasteiger partial charge in [0.25, 0.3) is 5.91 Å². The Balaban J connectivity index is 2.65. The number of anilines is 1. The van der Waals surface area contributed by atoms with Crippen molar-refractivity contribution in [3.63, 3.8) is 0 Å². The number of sulfonamides is 1. The number of rotatable bonds is 6. The van der Waals surface area contributed by atoms with Crippen LogP contribution in [-0.2, 0) is 14.8 Å². The molecular weight excluding hydrogens is 294 g/mol. The van der Waals surface area contributed by atoms with Crippen molar-refractivity contribution in [1.29, 1.82) is 0 Å². The van der Waals surface area contributed by atoms with Crippen LogP contribution >= 0.6 is 0 Å². The Hall–Kier alpha value is -2.09. The minimum absolute atomic E-state index is 0.0638. The lowest BCUT2D eigenvalue weighted by Gasteiger charge is -2.09. The monoisotopic (exact) mass is 313 g/mol. The average Bonchev–Trinajstić information content (AvgIpc) is 2.43. The maximum Gasteiger partial charge on any atom is 0.269 e. The Morgan fingerprint density at radius 2 is 1.71 bits per heavy atom. The SMILES string of the molecule is CCCCS(=O)(=O)Nc1ccc(C(=O)NNC(C)=O)cc1. The lowest BCUT2D eigenvalue weighted by Crippen LogP contribution is -2.40. The number of unbranched alkanes of at least 4 members (excludes halogenated alkanes) is 1. The molecule has 0 saturated carbocycles. The van der Waals surface area contributed by atoms with E-state index < -0.39 is 15.9 Å². The number of hydrazine groups is 1. The Morgan fingerprint density at radius 3 is 2.24 bits per heavy atom. The second-order valence-electron chi connectivity index (χ2n) is 4.49. The lowest BCUT2D eigenvalue weighted by atomic mass is 10.2. The molecule has 0 aliphatic rings. The third-order valence-corrected chi connectivity index (χ3v) is 3.91. The normalized spacial score (nSPS) is 10.8. The van der Waals surface area contributed by atoms with E-state index >= 15 is 0 Å². The van der Waals surface area contributed by atoms with Crippen LogP contribution in [0.2, 0.25) is 0 Å². The van der Waals surface area contributed by atoms with Crippen LogP contribution in [0.1, 0.15) is 37.0 Å². The Bertz CT molecular complexity index is 596. The van der Waals surface area contributed by atoms with Crippen LogP contribution in [0.5, 0.6) is 0 Å². The van der Waals surface area contributed by atoms with Gasteiger partial charge < -0.3 is 0 Å². The highest BCUT2D eigenvalue weighted by Crippen LogP contribution is 2.12. The number of benzene rings is 1. The molecule has 0 spiro atoms. The summed E-state index contributed by atoms with van der Waals surface area (Å²) in [5.41, 5.74) is 5.08. The molecule has 1 aromatic carbocycles. The molecule has 2 amide bonds. The molecule has 0 unspecified atom stereocenters. The molecule has 21 heavy (non-hydrogen) atoms. The number of carbonyl (C=O) groups is 2. The van der Waals surface area contributed by atoms with Gasteiger partial charge >= 0.3 is 0 Å². The lowest BCUT2D eigenvalue weighted by molar-refractivity contribution is -0.119. The summed E-state index contributed by atoms with van der Waals surface area (Å²) in [5, 5.41) is 0. The fourth-order valence-electron chi connectivity index (χ4n) is 1.47. The molecule has 0 fully saturated rings. The molecule has 3 N–H and O–H groups in total. The molecule has 1 rings (SSSR count). The van der Waals surface area contributed by atoms with Gasteiger partial charge in [-0.05, 0) is 30.7 Å². The summed E-state index contributed by atoms with van der Waals surface area (Å²) in [5.74, 6) is -0.803. The number of hydrogen-bond acceptors (Lipinski definition) is 4. The Labute approximate surface area is 124 Å². The van der Waals surface area contributed by atoms with Gasteiger partial charge in [0, 0.05) is 18.2 Å². The largest absolute Gasteiger partial charge is 0.284 e. The topological polar surface area (TPSA) is 104 Å². The first-order valence-corrected chi connectivity index (χ1v) is 8.17. The van der Waals surface area contributed by atoms with Crippen LogP contribution in [0.25, 0.3) is 0 Å². The summed E-state index contributed by atoms with van der Waals surface area (Å²) < 4.78 is 25.9. The minimum Gasteiger partial charge on any atom is -0.284 e. The van der Waals surface area contributed by atoms with E-state index in [4.69, 9.17) is 0 Å². The van der Waals surface area contributed by atoms with Crippen molar-refractivity contribution in [2.75, 3.05) is 10.5 Å². The molecule has 7 nitrogen and oxygen atoms in total. The fraction of sp³-hybridized carbons (Fsp3) is 0.385. The quantitative estimate of drug-likeness (QED) is 0.682. The number of nitrogens with one attached hydrogen (secondary N) is 3. The molecule has 1 aromatic rings. The molecule has 0 aliphatic heterocycles. The zero-order chi connectivity index (χ0) is 15.9. The van der Waals surface area contributed by atoms with Gasteiger partial charge in [-0.3, -0.25) is 25.2 Å². The van der Waals surface area contributed by atoms with Gasteiger partial charge in [-0.2, -0.15) is 0 Å². The molecule has 116 valence electrons. The summed E-state index contributed by atoms with van der Waals surface area (Å²) in [6, 6.07) is 5.92. The summed E-state index contributed by atoms with van der Waals surface area (Å²) in [6.45, 7) is 3.19.